The van der Waals surface area contributed by atoms with Gasteiger partial charge in [-0.15, -0.1) is 0 Å². The zero-order chi connectivity index (χ0) is 20.1. The van der Waals surface area contributed by atoms with Gasteiger partial charge in [0.15, 0.2) is 0 Å². The molecule has 3 amide bonds. The third kappa shape index (κ3) is 4.58. The summed E-state index contributed by atoms with van der Waals surface area (Å²) in [6.07, 6.45) is 2.40. The summed E-state index contributed by atoms with van der Waals surface area (Å²) in [6.45, 7) is 0. The topological polar surface area (TPSA) is 130 Å². The number of para-hydroxylation sites is 1. The van der Waals surface area contributed by atoms with E-state index in [0.29, 0.717) is 12.1 Å². The number of benzene rings is 2. The Kier molecular flexibility index (Phi) is 5.45. The smallest absolute Gasteiger partial charge is 0.269 e. The molecule has 0 saturated heterocycles. The van der Waals surface area contributed by atoms with Crippen molar-refractivity contribution in [2.24, 2.45) is 0 Å². The van der Waals surface area contributed by atoms with Gasteiger partial charge in [0.1, 0.15) is 6.04 Å². The minimum atomic E-state index is -0.732. The summed E-state index contributed by atoms with van der Waals surface area (Å²) in [5.74, 6) is -1.49. The lowest BCUT2D eigenvalue weighted by Gasteiger charge is -2.24. The first kappa shape index (κ1) is 18.8. The van der Waals surface area contributed by atoms with E-state index in [1.807, 2.05) is 18.2 Å². The van der Waals surface area contributed by atoms with Crippen LogP contribution in [0.2, 0.25) is 0 Å². The second-order valence-electron chi connectivity index (χ2n) is 6.04. The maximum Gasteiger partial charge on any atom is 0.269 e. The quantitative estimate of drug-likeness (QED) is 0.413. The molecule has 2 aromatic rings. The number of nitro benzene ring substituents is 1. The van der Waals surface area contributed by atoms with Crippen LogP contribution >= 0.6 is 0 Å². The third-order valence-corrected chi connectivity index (χ3v) is 4.06. The van der Waals surface area contributed by atoms with Crippen LogP contribution in [0.5, 0.6) is 0 Å². The molecule has 2 aromatic carbocycles. The number of amides is 3. The van der Waals surface area contributed by atoms with Gasteiger partial charge < -0.3 is 16.0 Å². The normalized spacial score (nSPS) is 15.4. The fraction of sp³-hybridized carbons (Fsp3) is 0.105. The molecule has 1 unspecified atom stereocenters. The zero-order valence-corrected chi connectivity index (χ0v) is 14.5. The van der Waals surface area contributed by atoms with Gasteiger partial charge in [-0.3, -0.25) is 24.5 Å². The molecule has 0 radical (unpaired) electrons. The Hall–Kier alpha value is -4.01. The molecular weight excluding hydrogens is 364 g/mol. The van der Waals surface area contributed by atoms with Crippen LogP contribution in [0.3, 0.4) is 0 Å². The maximum absolute atomic E-state index is 12.1. The number of carbonyl (C=O) groups is 3. The highest BCUT2D eigenvalue weighted by Crippen LogP contribution is 2.21. The molecule has 0 fully saturated rings. The van der Waals surface area contributed by atoms with Crippen molar-refractivity contribution < 1.29 is 19.3 Å². The number of anilines is 2. The fourth-order valence-electron chi connectivity index (χ4n) is 2.69. The van der Waals surface area contributed by atoms with Crippen molar-refractivity contribution in [2.45, 2.75) is 12.5 Å². The van der Waals surface area contributed by atoms with Gasteiger partial charge in [-0.1, -0.05) is 18.2 Å². The predicted octanol–water partition coefficient (Wildman–Crippen LogP) is 1.77. The molecule has 142 valence electrons. The largest absolute Gasteiger partial charge is 0.340 e. The number of carbonyl (C=O) groups excluding carboxylic acids is 3. The van der Waals surface area contributed by atoms with Gasteiger partial charge in [-0.2, -0.15) is 0 Å². The van der Waals surface area contributed by atoms with Gasteiger partial charge in [-0.05, 0) is 23.8 Å². The van der Waals surface area contributed by atoms with Gasteiger partial charge in [-0.25, -0.2) is 0 Å². The highest BCUT2D eigenvalue weighted by molar-refractivity contribution is 6.05. The molecule has 9 nitrogen and oxygen atoms in total. The highest BCUT2D eigenvalue weighted by atomic mass is 16.6. The molecule has 3 rings (SSSR count). The second-order valence-corrected chi connectivity index (χ2v) is 6.04. The molecule has 28 heavy (non-hydrogen) atoms. The van der Waals surface area contributed by atoms with Crippen LogP contribution in [0.15, 0.2) is 60.7 Å². The molecule has 0 aliphatic carbocycles. The van der Waals surface area contributed by atoms with E-state index in [9.17, 15) is 24.5 Å². The Morgan fingerprint density at radius 1 is 1.07 bits per heavy atom. The van der Waals surface area contributed by atoms with Crippen molar-refractivity contribution in [1.29, 1.82) is 0 Å². The summed E-state index contributed by atoms with van der Waals surface area (Å²) in [5.41, 5.74) is 1.88. The number of fused-ring (bicyclic) bond motifs is 1. The molecule has 0 spiro atoms. The lowest BCUT2D eigenvalue weighted by Crippen LogP contribution is -2.47. The van der Waals surface area contributed by atoms with E-state index in [-0.39, 0.29) is 11.6 Å². The highest BCUT2D eigenvalue weighted by Gasteiger charge is 2.26. The molecule has 1 aliphatic rings. The standard InChI is InChI=1S/C19H16N4O5/c24-17(20-13-5-7-14(8-6-13)23(27)28)9-10-18(25)21-16-11-12-3-1-2-4-15(12)22-19(16)26/h1-10,16H,11H2,(H,20,24)(H,21,25)(H,22,26)/b10-9+. The Bertz CT molecular complexity index is 969. The van der Waals surface area contributed by atoms with E-state index in [1.54, 1.807) is 6.07 Å². The molecule has 9 heteroatoms. The van der Waals surface area contributed by atoms with Gasteiger partial charge in [0.25, 0.3) is 5.69 Å². The van der Waals surface area contributed by atoms with Crippen LogP contribution in [0.1, 0.15) is 5.56 Å². The first-order valence-electron chi connectivity index (χ1n) is 8.35. The predicted molar refractivity (Wildman–Crippen MR) is 102 cm³/mol. The number of hydrogen-bond acceptors (Lipinski definition) is 5. The number of non-ortho nitro benzene ring substituents is 1. The summed E-state index contributed by atoms with van der Waals surface area (Å²) in [5, 5.41) is 18.4. The van der Waals surface area contributed by atoms with Gasteiger partial charge in [0.2, 0.25) is 17.7 Å². The van der Waals surface area contributed by atoms with Crippen molar-refractivity contribution in [3.63, 3.8) is 0 Å². The van der Waals surface area contributed by atoms with Crippen molar-refractivity contribution in [2.75, 3.05) is 10.6 Å². The molecule has 1 heterocycles. The van der Waals surface area contributed by atoms with E-state index < -0.39 is 22.8 Å². The third-order valence-electron chi connectivity index (χ3n) is 4.06. The average Bonchev–Trinajstić information content (AvgIpc) is 2.67. The van der Waals surface area contributed by atoms with Crippen molar-refractivity contribution in [3.8, 4) is 0 Å². The van der Waals surface area contributed by atoms with Crippen molar-refractivity contribution in [1.82, 2.24) is 5.32 Å². The van der Waals surface area contributed by atoms with Gasteiger partial charge in [0, 0.05) is 42.1 Å². The summed E-state index contributed by atoms with van der Waals surface area (Å²) in [6, 6.07) is 11.8. The summed E-state index contributed by atoms with van der Waals surface area (Å²) in [4.78, 5) is 46.0. The van der Waals surface area contributed by atoms with Gasteiger partial charge >= 0.3 is 0 Å². The van der Waals surface area contributed by atoms with Crippen LogP contribution in [-0.4, -0.2) is 28.7 Å². The van der Waals surface area contributed by atoms with E-state index >= 15 is 0 Å². The number of nitro groups is 1. The number of nitrogens with zero attached hydrogens (tertiary/aromatic N) is 1. The molecular formula is C19H16N4O5. The molecule has 0 bridgehead atoms. The second kappa shape index (κ2) is 8.12. The lowest BCUT2D eigenvalue weighted by molar-refractivity contribution is -0.384. The first-order chi connectivity index (χ1) is 13.4. The van der Waals surface area contributed by atoms with Crippen LogP contribution in [0.25, 0.3) is 0 Å². The Balaban J connectivity index is 1.54. The Morgan fingerprint density at radius 2 is 1.75 bits per heavy atom. The van der Waals surface area contributed by atoms with E-state index in [0.717, 1.165) is 23.4 Å². The van der Waals surface area contributed by atoms with Gasteiger partial charge in [0.05, 0.1) is 4.92 Å². The van der Waals surface area contributed by atoms with Crippen molar-refractivity contribution in [3.05, 3.63) is 76.4 Å². The minimum absolute atomic E-state index is 0.0970. The van der Waals surface area contributed by atoms with Crippen LogP contribution in [0, 0.1) is 10.1 Å². The SMILES string of the molecule is O=C(/C=C/C(=O)NC1Cc2ccccc2NC1=O)Nc1ccc([N+](=O)[O-])cc1. The molecule has 1 atom stereocenters. The molecule has 0 saturated carbocycles. The summed E-state index contributed by atoms with van der Waals surface area (Å²) in [7, 11) is 0. The minimum Gasteiger partial charge on any atom is -0.340 e. The molecule has 0 aromatic heterocycles. The molecule has 3 N–H and O–H groups in total. The number of rotatable bonds is 5. The Labute approximate surface area is 159 Å². The van der Waals surface area contributed by atoms with E-state index in [2.05, 4.69) is 16.0 Å². The molecule has 1 aliphatic heterocycles. The maximum atomic E-state index is 12.1. The fourth-order valence-corrected chi connectivity index (χ4v) is 2.69. The average molecular weight is 380 g/mol. The summed E-state index contributed by atoms with van der Waals surface area (Å²) < 4.78 is 0. The summed E-state index contributed by atoms with van der Waals surface area (Å²) >= 11 is 0. The van der Waals surface area contributed by atoms with Crippen LogP contribution in [0.4, 0.5) is 17.1 Å². The van der Waals surface area contributed by atoms with Crippen LogP contribution in [-0.2, 0) is 20.8 Å². The number of hydrogen-bond donors (Lipinski definition) is 3. The van der Waals surface area contributed by atoms with E-state index in [4.69, 9.17) is 0 Å². The lowest BCUT2D eigenvalue weighted by atomic mass is 9.99. The number of nitrogens with one attached hydrogen (secondary N) is 3. The van der Waals surface area contributed by atoms with E-state index in [1.165, 1.54) is 24.3 Å². The van der Waals surface area contributed by atoms with Crippen LogP contribution < -0.4 is 16.0 Å². The van der Waals surface area contributed by atoms with Crippen molar-refractivity contribution >= 4 is 34.8 Å². The zero-order valence-electron chi connectivity index (χ0n) is 14.5. The first-order valence-corrected chi connectivity index (χ1v) is 8.35. The Morgan fingerprint density at radius 3 is 2.46 bits per heavy atom. The monoisotopic (exact) mass is 380 g/mol.